The van der Waals surface area contributed by atoms with Crippen LogP contribution in [0.5, 0.6) is 0 Å². The first kappa shape index (κ1) is 21.1. The highest BCUT2D eigenvalue weighted by Gasteiger charge is 2.44. The lowest BCUT2D eigenvalue weighted by Gasteiger charge is -2.36. The van der Waals surface area contributed by atoms with Crippen LogP contribution in [-0.2, 0) is 6.54 Å². The third kappa shape index (κ3) is 4.64. The first-order chi connectivity index (χ1) is 15.1. The van der Waals surface area contributed by atoms with Crippen LogP contribution in [0.25, 0.3) is 6.08 Å². The van der Waals surface area contributed by atoms with E-state index in [-0.39, 0.29) is 11.4 Å². The minimum Gasteiger partial charge on any atom is -0.336 e. The summed E-state index contributed by atoms with van der Waals surface area (Å²) in [5.41, 5.74) is 2.71. The van der Waals surface area contributed by atoms with Gasteiger partial charge in [0.25, 0.3) is 5.91 Å². The molecule has 0 bridgehead atoms. The van der Waals surface area contributed by atoms with Crippen LogP contribution in [0.3, 0.4) is 0 Å². The maximum atomic E-state index is 12.9. The van der Waals surface area contributed by atoms with E-state index < -0.39 is 0 Å². The lowest BCUT2D eigenvalue weighted by Crippen LogP contribution is -2.43. The molecule has 1 amide bonds. The van der Waals surface area contributed by atoms with Gasteiger partial charge in [-0.15, -0.1) is 0 Å². The van der Waals surface area contributed by atoms with E-state index in [9.17, 15) is 4.79 Å². The fourth-order valence-electron chi connectivity index (χ4n) is 3.68. The van der Waals surface area contributed by atoms with Gasteiger partial charge in [0.1, 0.15) is 0 Å². The second kappa shape index (κ2) is 9.36. The molecule has 1 fully saturated rings. The number of carbonyl (C=O) groups is 1. The van der Waals surface area contributed by atoms with Gasteiger partial charge >= 0.3 is 0 Å². The summed E-state index contributed by atoms with van der Waals surface area (Å²) in [4.78, 5) is 21.0. The lowest BCUT2D eigenvalue weighted by atomic mass is 9.94. The van der Waals surface area contributed by atoms with Gasteiger partial charge in [-0.1, -0.05) is 97.5 Å². The van der Waals surface area contributed by atoms with Crippen molar-refractivity contribution in [2.24, 2.45) is 4.99 Å². The Labute approximate surface area is 188 Å². The van der Waals surface area contributed by atoms with E-state index in [4.69, 9.17) is 0 Å². The van der Waals surface area contributed by atoms with Crippen molar-refractivity contribution in [2.75, 3.05) is 0 Å². The zero-order chi connectivity index (χ0) is 21.7. The summed E-state index contributed by atoms with van der Waals surface area (Å²) in [5.74, 6) is -0.208. The molecule has 4 rings (SSSR count). The van der Waals surface area contributed by atoms with Crippen molar-refractivity contribution in [1.82, 2.24) is 4.90 Å². The molecule has 0 spiro atoms. The molecule has 0 saturated carbocycles. The normalized spacial score (nSPS) is 21.0. The maximum Gasteiger partial charge on any atom is 0.279 e. The van der Waals surface area contributed by atoms with Crippen LogP contribution in [0.1, 0.15) is 41.8 Å². The Balaban J connectivity index is 1.76. The summed E-state index contributed by atoms with van der Waals surface area (Å²) in [7, 11) is 0. The third-order valence-corrected chi connectivity index (χ3v) is 7.02. The highest BCUT2D eigenvalue weighted by molar-refractivity contribution is 8.17. The van der Waals surface area contributed by atoms with Gasteiger partial charge in [-0.2, -0.15) is 4.99 Å². The lowest BCUT2D eigenvalue weighted by molar-refractivity contribution is 0.100. The average Bonchev–Trinajstić information content (AvgIpc) is 3.07. The molecule has 3 nitrogen and oxygen atoms in total. The molecular formula is C27H26N2OS. The van der Waals surface area contributed by atoms with Gasteiger partial charge in [0.2, 0.25) is 0 Å². The van der Waals surface area contributed by atoms with Crippen LogP contribution >= 0.6 is 11.8 Å². The van der Waals surface area contributed by atoms with E-state index in [2.05, 4.69) is 66.2 Å². The van der Waals surface area contributed by atoms with Crippen molar-refractivity contribution in [3.8, 4) is 0 Å². The molecule has 1 unspecified atom stereocenters. The molecule has 4 heteroatoms. The zero-order valence-corrected chi connectivity index (χ0v) is 18.7. The third-order valence-electron chi connectivity index (χ3n) is 5.75. The largest absolute Gasteiger partial charge is 0.336 e. The smallest absolute Gasteiger partial charge is 0.279 e. The second-order valence-electron chi connectivity index (χ2n) is 7.79. The van der Waals surface area contributed by atoms with Gasteiger partial charge in [-0.05, 0) is 42.7 Å². The number of hydrogen-bond acceptors (Lipinski definition) is 2. The van der Waals surface area contributed by atoms with E-state index in [0.29, 0.717) is 12.1 Å². The van der Waals surface area contributed by atoms with Crippen LogP contribution in [0.15, 0.2) is 101 Å². The summed E-state index contributed by atoms with van der Waals surface area (Å²) in [5, 5.41) is 0.754. The van der Waals surface area contributed by atoms with Crippen LogP contribution in [0.2, 0.25) is 0 Å². The van der Waals surface area contributed by atoms with Crippen molar-refractivity contribution >= 4 is 28.9 Å². The number of rotatable bonds is 5. The van der Waals surface area contributed by atoms with Crippen molar-refractivity contribution in [1.29, 1.82) is 0 Å². The molecule has 1 heterocycles. The Kier molecular flexibility index (Phi) is 6.38. The summed E-state index contributed by atoms with van der Waals surface area (Å²) >= 11 is 1.60. The molecule has 3 aromatic rings. The first-order valence-corrected chi connectivity index (χ1v) is 11.4. The first-order valence-electron chi connectivity index (χ1n) is 10.5. The van der Waals surface area contributed by atoms with Gasteiger partial charge < -0.3 is 4.90 Å². The molecule has 0 aromatic heterocycles. The van der Waals surface area contributed by atoms with Gasteiger partial charge in [-0.25, -0.2) is 0 Å². The predicted molar refractivity (Wildman–Crippen MR) is 131 cm³/mol. The molecule has 1 saturated heterocycles. The van der Waals surface area contributed by atoms with E-state index in [1.165, 1.54) is 10.5 Å². The standard InChI is InChI=1S/C27H26N2OS/c1-3-27(2)24(19-21-13-7-4-8-14-21)31-26(28-25(30)23-17-11-6-12-18-23)29(27)20-22-15-9-5-10-16-22/h4-19H,3,20H2,1-2H3/b24-19-,28-26?. The predicted octanol–water partition coefficient (Wildman–Crippen LogP) is 6.64. The number of amides is 1. The van der Waals surface area contributed by atoms with Crippen molar-refractivity contribution in [3.63, 3.8) is 0 Å². The highest BCUT2D eigenvalue weighted by Crippen LogP contribution is 2.47. The summed E-state index contributed by atoms with van der Waals surface area (Å²) in [6, 6.07) is 30.0. The van der Waals surface area contributed by atoms with E-state index >= 15 is 0 Å². The number of thioether (sulfide) groups is 1. The Morgan fingerprint density at radius 3 is 2.13 bits per heavy atom. The number of carbonyl (C=O) groups excluding carboxylic acids is 1. The Morgan fingerprint density at radius 1 is 0.935 bits per heavy atom. The summed E-state index contributed by atoms with van der Waals surface area (Å²) in [6.45, 7) is 5.14. The van der Waals surface area contributed by atoms with Gasteiger partial charge in [0.05, 0.1) is 5.54 Å². The number of benzene rings is 3. The molecule has 3 aromatic carbocycles. The number of hydrogen-bond donors (Lipinski definition) is 0. The van der Waals surface area contributed by atoms with E-state index in [1.54, 1.807) is 11.8 Å². The monoisotopic (exact) mass is 426 g/mol. The van der Waals surface area contributed by atoms with Crippen molar-refractivity contribution < 1.29 is 4.79 Å². The topological polar surface area (TPSA) is 32.7 Å². The van der Waals surface area contributed by atoms with Crippen LogP contribution < -0.4 is 0 Å². The molecule has 1 aliphatic rings. The molecular weight excluding hydrogens is 400 g/mol. The summed E-state index contributed by atoms with van der Waals surface area (Å²) in [6.07, 6.45) is 3.13. The highest BCUT2D eigenvalue weighted by atomic mass is 32.2. The summed E-state index contributed by atoms with van der Waals surface area (Å²) < 4.78 is 0. The van der Waals surface area contributed by atoms with Crippen molar-refractivity contribution in [3.05, 3.63) is 113 Å². The fourth-order valence-corrected chi connectivity index (χ4v) is 5.05. The molecule has 156 valence electrons. The minimum absolute atomic E-state index is 0.208. The van der Waals surface area contributed by atoms with Crippen molar-refractivity contribution in [2.45, 2.75) is 32.4 Å². The van der Waals surface area contributed by atoms with E-state index in [1.807, 2.05) is 54.6 Å². The minimum atomic E-state index is -0.244. The second-order valence-corrected chi connectivity index (χ2v) is 8.80. The van der Waals surface area contributed by atoms with Crippen LogP contribution in [0.4, 0.5) is 0 Å². The maximum absolute atomic E-state index is 12.9. The Morgan fingerprint density at radius 2 is 1.52 bits per heavy atom. The van der Waals surface area contributed by atoms with Crippen LogP contribution in [0, 0.1) is 0 Å². The van der Waals surface area contributed by atoms with Gasteiger partial charge in [0, 0.05) is 17.0 Å². The Bertz CT molecular complexity index is 1090. The Hall–Kier alpha value is -3.11. The molecule has 1 atom stereocenters. The molecule has 1 aliphatic heterocycles. The average molecular weight is 427 g/mol. The number of amidine groups is 1. The van der Waals surface area contributed by atoms with Gasteiger partial charge in [0.15, 0.2) is 5.17 Å². The SMILES string of the molecule is CCC1(C)/C(=C/c2ccccc2)SC(=NC(=O)c2ccccc2)N1Cc1ccccc1. The van der Waals surface area contributed by atoms with Gasteiger partial charge in [-0.3, -0.25) is 4.79 Å². The molecule has 0 radical (unpaired) electrons. The quantitative estimate of drug-likeness (QED) is 0.458. The van der Waals surface area contributed by atoms with Crippen LogP contribution in [-0.4, -0.2) is 21.5 Å². The number of aliphatic imine (C=N–C) groups is 1. The molecule has 0 aliphatic carbocycles. The van der Waals surface area contributed by atoms with E-state index in [0.717, 1.165) is 17.2 Å². The zero-order valence-electron chi connectivity index (χ0n) is 17.9. The fraction of sp³-hybridized carbons (Fsp3) is 0.185. The number of nitrogens with zero attached hydrogens (tertiary/aromatic N) is 2. The molecule has 31 heavy (non-hydrogen) atoms. The molecule has 0 N–H and O–H groups in total.